The standard InChI is InChI=1S/C18H19N3O3S2/c1-10(2)14-7-13-17(24)20-15(21-18(13)26-14)8-25-9-16(23)19-11-3-5-12(22)6-4-11/h3-7,10,22H,8-9H2,1-2H3,(H,19,23)(H,20,21,24). The Balaban J connectivity index is 1.59. The van der Waals surface area contributed by atoms with Gasteiger partial charge in [-0.15, -0.1) is 23.1 Å². The van der Waals surface area contributed by atoms with E-state index >= 15 is 0 Å². The molecule has 0 aliphatic heterocycles. The second kappa shape index (κ2) is 7.92. The van der Waals surface area contributed by atoms with Crippen molar-refractivity contribution in [1.82, 2.24) is 9.97 Å². The van der Waals surface area contributed by atoms with Crippen LogP contribution in [0.5, 0.6) is 5.75 Å². The van der Waals surface area contributed by atoms with Crippen molar-refractivity contribution in [2.24, 2.45) is 0 Å². The molecule has 3 rings (SSSR count). The van der Waals surface area contributed by atoms with E-state index in [1.54, 1.807) is 12.1 Å². The van der Waals surface area contributed by atoms with Gasteiger partial charge in [0.05, 0.1) is 16.9 Å². The Morgan fingerprint density at radius 1 is 1.35 bits per heavy atom. The molecular weight excluding hydrogens is 370 g/mol. The van der Waals surface area contributed by atoms with Crippen molar-refractivity contribution >= 4 is 44.9 Å². The predicted octanol–water partition coefficient (Wildman–Crippen LogP) is 3.69. The summed E-state index contributed by atoms with van der Waals surface area (Å²) in [5.41, 5.74) is 0.489. The van der Waals surface area contributed by atoms with Crippen molar-refractivity contribution in [3.05, 3.63) is 51.4 Å². The minimum absolute atomic E-state index is 0.137. The van der Waals surface area contributed by atoms with Crippen LogP contribution in [-0.4, -0.2) is 26.7 Å². The highest BCUT2D eigenvalue weighted by molar-refractivity contribution is 7.99. The zero-order chi connectivity index (χ0) is 18.7. The first-order valence-corrected chi connectivity index (χ1v) is 10.1. The molecule has 8 heteroatoms. The fourth-order valence-electron chi connectivity index (χ4n) is 2.33. The summed E-state index contributed by atoms with van der Waals surface area (Å²) in [5, 5.41) is 12.6. The van der Waals surface area contributed by atoms with Gasteiger partial charge in [0.2, 0.25) is 5.91 Å². The van der Waals surface area contributed by atoms with E-state index in [1.807, 2.05) is 6.07 Å². The van der Waals surface area contributed by atoms with Crippen molar-refractivity contribution in [3.63, 3.8) is 0 Å². The van der Waals surface area contributed by atoms with Gasteiger partial charge in [-0.1, -0.05) is 13.8 Å². The first-order valence-electron chi connectivity index (χ1n) is 8.11. The topological polar surface area (TPSA) is 95.1 Å². The summed E-state index contributed by atoms with van der Waals surface area (Å²) in [5.74, 6) is 1.62. The average molecular weight is 390 g/mol. The van der Waals surface area contributed by atoms with Crippen LogP contribution >= 0.6 is 23.1 Å². The Morgan fingerprint density at radius 3 is 2.77 bits per heavy atom. The molecule has 0 spiro atoms. The third kappa shape index (κ3) is 4.44. The predicted molar refractivity (Wildman–Crippen MR) is 107 cm³/mol. The molecule has 26 heavy (non-hydrogen) atoms. The zero-order valence-electron chi connectivity index (χ0n) is 14.4. The van der Waals surface area contributed by atoms with Crippen molar-refractivity contribution in [1.29, 1.82) is 0 Å². The number of benzene rings is 1. The lowest BCUT2D eigenvalue weighted by Crippen LogP contribution is -2.15. The summed E-state index contributed by atoms with van der Waals surface area (Å²) in [6, 6.07) is 8.19. The number of thioether (sulfide) groups is 1. The molecule has 0 aliphatic rings. The molecule has 0 atom stereocenters. The minimum Gasteiger partial charge on any atom is -0.508 e. The van der Waals surface area contributed by atoms with Gasteiger partial charge in [-0.05, 0) is 36.2 Å². The molecule has 0 radical (unpaired) electrons. The number of H-pyrrole nitrogens is 1. The number of aromatic nitrogens is 2. The molecule has 3 N–H and O–H groups in total. The first kappa shape index (κ1) is 18.5. The number of aromatic hydroxyl groups is 1. The lowest BCUT2D eigenvalue weighted by atomic mass is 10.2. The summed E-state index contributed by atoms with van der Waals surface area (Å²) in [4.78, 5) is 33.3. The number of anilines is 1. The van der Waals surface area contributed by atoms with Gasteiger partial charge in [0.15, 0.2) is 0 Å². The molecule has 0 unspecified atom stereocenters. The number of nitrogens with zero attached hydrogens (tertiary/aromatic N) is 1. The largest absolute Gasteiger partial charge is 0.508 e. The molecule has 0 fully saturated rings. The van der Waals surface area contributed by atoms with Gasteiger partial charge in [0.25, 0.3) is 5.56 Å². The number of hydrogen-bond acceptors (Lipinski definition) is 6. The highest BCUT2D eigenvalue weighted by Gasteiger charge is 2.11. The lowest BCUT2D eigenvalue weighted by Gasteiger charge is -2.05. The fourth-order valence-corrected chi connectivity index (χ4v) is 4.07. The number of nitrogens with one attached hydrogen (secondary N) is 2. The normalized spacial score (nSPS) is 11.2. The number of thiophene rings is 1. The van der Waals surface area contributed by atoms with Crippen LogP contribution in [-0.2, 0) is 10.5 Å². The van der Waals surface area contributed by atoms with Crippen LogP contribution in [0.3, 0.4) is 0 Å². The van der Waals surface area contributed by atoms with Crippen LogP contribution in [0.2, 0.25) is 0 Å². The van der Waals surface area contributed by atoms with Crippen molar-refractivity contribution in [2.45, 2.75) is 25.5 Å². The van der Waals surface area contributed by atoms with E-state index in [9.17, 15) is 14.7 Å². The minimum atomic E-state index is -0.151. The SMILES string of the molecule is CC(C)c1cc2c(=O)[nH]c(CSCC(=O)Nc3ccc(O)cc3)nc2s1. The summed E-state index contributed by atoms with van der Waals surface area (Å²) in [7, 11) is 0. The molecule has 0 saturated heterocycles. The molecule has 0 saturated carbocycles. The van der Waals surface area contributed by atoms with E-state index in [0.29, 0.717) is 28.6 Å². The van der Waals surface area contributed by atoms with E-state index in [2.05, 4.69) is 29.1 Å². The summed E-state index contributed by atoms with van der Waals surface area (Å²) < 4.78 is 0. The van der Waals surface area contributed by atoms with Crippen LogP contribution in [0.1, 0.15) is 30.5 Å². The molecule has 3 aromatic rings. The van der Waals surface area contributed by atoms with Crippen LogP contribution in [0.25, 0.3) is 10.2 Å². The van der Waals surface area contributed by atoms with Crippen LogP contribution in [0, 0.1) is 0 Å². The molecule has 1 amide bonds. The molecule has 136 valence electrons. The van der Waals surface area contributed by atoms with E-state index < -0.39 is 0 Å². The Morgan fingerprint density at radius 2 is 2.08 bits per heavy atom. The maximum Gasteiger partial charge on any atom is 0.259 e. The first-order chi connectivity index (χ1) is 12.4. The van der Waals surface area contributed by atoms with E-state index in [0.717, 1.165) is 9.71 Å². The summed E-state index contributed by atoms with van der Waals surface area (Å²) in [6.45, 7) is 4.17. The van der Waals surface area contributed by atoms with Gasteiger partial charge in [-0.25, -0.2) is 4.98 Å². The number of aromatic amines is 1. The van der Waals surface area contributed by atoms with Crippen LogP contribution < -0.4 is 10.9 Å². The monoisotopic (exact) mass is 389 g/mol. The molecule has 2 heterocycles. The highest BCUT2D eigenvalue weighted by atomic mass is 32.2. The number of carbonyl (C=O) groups is 1. The van der Waals surface area contributed by atoms with E-state index in [4.69, 9.17) is 0 Å². The molecule has 0 aliphatic carbocycles. The number of fused-ring (bicyclic) bond motifs is 1. The van der Waals surface area contributed by atoms with Gasteiger partial charge in [-0.2, -0.15) is 0 Å². The second-order valence-electron chi connectivity index (χ2n) is 6.12. The summed E-state index contributed by atoms with van der Waals surface area (Å²) in [6.07, 6.45) is 0. The number of carbonyl (C=O) groups excluding carboxylic acids is 1. The number of phenolic OH excluding ortho intramolecular Hbond substituents is 1. The molecule has 0 bridgehead atoms. The molecule has 2 aromatic heterocycles. The van der Waals surface area contributed by atoms with E-state index in [1.165, 1.54) is 35.2 Å². The van der Waals surface area contributed by atoms with Crippen LogP contribution in [0.15, 0.2) is 35.1 Å². The van der Waals surface area contributed by atoms with Gasteiger partial charge in [0.1, 0.15) is 16.4 Å². The van der Waals surface area contributed by atoms with Gasteiger partial charge in [-0.3, -0.25) is 9.59 Å². The number of phenols is 1. The highest BCUT2D eigenvalue weighted by Crippen LogP contribution is 2.27. The molecule has 6 nitrogen and oxygen atoms in total. The third-order valence-electron chi connectivity index (χ3n) is 3.66. The second-order valence-corrected chi connectivity index (χ2v) is 8.17. The quantitative estimate of drug-likeness (QED) is 0.559. The van der Waals surface area contributed by atoms with Gasteiger partial charge >= 0.3 is 0 Å². The van der Waals surface area contributed by atoms with E-state index in [-0.39, 0.29) is 23.0 Å². The van der Waals surface area contributed by atoms with Crippen molar-refractivity contribution < 1.29 is 9.90 Å². The number of rotatable bonds is 6. The van der Waals surface area contributed by atoms with Crippen LogP contribution in [0.4, 0.5) is 5.69 Å². The number of amides is 1. The van der Waals surface area contributed by atoms with Crippen molar-refractivity contribution in [3.8, 4) is 5.75 Å². The fraction of sp³-hybridized carbons (Fsp3) is 0.278. The smallest absolute Gasteiger partial charge is 0.259 e. The number of hydrogen-bond donors (Lipinski definition) is 3. The maximum absolute atomic E-state index is 12.2. The Labute approximate surface area is 158 Å². The molecular formula is C18H19N3O3S2. The Hall–Kier alpha value is -2.32. The third-order valence-corrected chi connectivity index (χ3v) is 5.94. The maximum atomic E-state index is 12.2. The lowest BCUT2D eigenvalue weighted by molar-refractivity contribution is -0.113. The molecule has 1 aromatic carbocycles. The Bertz CT molecular complexity index is 978. The van der Waals surface area contributed by atoms with Gasteiger partial charge in [0, 0.05) is 10.6 Å². The van der Waals surface area contributed by atoms with Crippen molar-refractivity contribution in [2.75, 3.05) is 11.1 Å². The zero-order valence-corrected chi connectivity index (χ0v) is 16.0. The summed E-state index contributed by atoms with van der Waals surface area (Å²) >= 11 is 2.91. The Kier molecular flexibility index (Phi) is 5.63. The average Bonchev–Trinajstić information content (AvgIpc) is 3.02. The van der Waals surface area contributed by atoms with Gasteiger partial charge < -0.3 is 15.4 Å².